The number of alkyl halides is 3. The van der Waals surface area contributed by atoms with Crippen molar-refractivity contribution in [2.45, 2.75) is 25.7 Å². The zero-order valence-corrected chi connectivity index (χ0v) is 11.4. The van der Waals surface area contributed by atoms with Crippen LogP contribution in [0.15, 0.2) is 12.3 Å². The summed E-state index contributed by atoms with van der Waals surface area (Å²) in [6.07, 6.45) is -2.46. The summed E-state index contributed by atoms with van der Waals surface area (Å²) in [6.45, 7) is 0.125. The van der Waals surface area contributed by atoms with Gasteiger partial charge < -0.3 is 10.6 Å². The maximum absolute atomic E-state index is 12.3. The zero-order valence-electron chi connectivity index (χ0n) is 11.4. The Balaban J connectivity index is 1.71. The average molecular weight is 314 g/mol. The minimum Gasteiger partial charge on any atom is -0.312 e. The number of hydrogen-bond donors (Lipinski definition) is 3. The van der Waals surface area contributed by atoms with E-state index in [0.29, 0.717) is 6.54 Å². The lowest BCUT2D eigenvalue weighted by Gasteiger charge is -2.12. The van der Waals surface area contributed by atoms with Crippen LogP contribution in [0.2, 0.25) is 0 Å². The molecule has 3 heterocycles. The summed E-state index contributed by atoms with van der Waals surface area (Å²) in [7, 11) is 0. The van der Waals surface area contributed by atoms with Crippen LogP contribution in [0.1, 0.15) is 21.7 Å². The van der Waals surface area contributed by atoms with E-state index in [1.165, 1.54) is 6.07 Å². The third-order valence-corrected chi connectivity index (χ3v) is 3.24. The lowest BCUT2D eigenvalue weighted by molar-refractivity contribution is -0.142. The van der Waals surface area contributed by atoms with Crippen molar-refractivity contribution >= 4 is 11.7 Å². The molecule has 2 aromatic heterocycles. The first-order chi connectivity index (χ1) is 10.4. The smallest absolute Gasteiger partial charge is 0.312 e. The molecule has 2 aromatic rings. The molecule has 1 amide bonds. The van der Waals surface area contributed by atoms with Gasteiger partial charge in [-0.1, -0.05) is 0 Å². The highest BCUT2D eigenvalue weighted by atomic mass is 19.4. The highest BCUT2D eigenvalue weighted by molar-refractivity contribution is 6.03. The van der Waals surface area contributed by atoms with E-state index in [4.69, 9.17) is 0 Å². The molecule has 0 saturated heterocycles. The van der Waals surface area contributed by atoms with Gasteiger partial charge in [0.15, 0.2) is 11.5 Å². The predicted molar refractivity (Wildman–Crippen MR) is 70.2 cm³/mol. The highest BCUT2D eigenvalue weighted by Gasteiger charge is 2.28. The normalized spacial score (nSPS) is 14.7. The van der Waals surface area contributed by atoms with Crippen LogP contribution in [0.4, 0.5) is 19.0 Å². The van der Waals surface area contributed by atoms with Crippen LogP contribution in [-0.4, -0.2) is 38.6 Å². The fraction of sp³-hybridized carbons (Fsp3) is 0.417. The van der Waals surface area contributed by atoms with Crippen molar-refractivity contribution in [1.29, 1.82) is 0 Å². The van der Waals surface area contributed by atoms with Gasteiger partial charge in [-0.3, -0.25) is 14.6 Å². The summed E-state index contributed by atoms with van der Waals surface area (Å²) in [6, 6.07) is 1.31. The first-order valence-corrected chi connectivity index (χ1v) is 6.61. The van der Waals surface area contributed by atoms with E-state index in [9.17, 15) is 18.0 Å². The fourth-order valence-corrected chi connectivity index (χ4v) is 2.29. The summed E-state index contributed by atoms with van der Waals surface area (Å²) >= 11 is 0. The number of nitrogens with one attached hydrogen (secondary N) is 3. The summed E-state index contributed by atoms with van der Waals surface area (Å²) in [4.78, 5) is 12.1. The molecule has 118 valence electrons. The van der Waals surface area contributed by atoms with Gasteiger partial charge in [0.2, 0.25) is 0 Å². The van der Waals surface area contributed by atoms with E-state index in [-0.39, 0.29) is 11.5 Å². The van der Waals surface area contributed by atoms with Gasteiger partial charge in [0.25, 0.3) is 5.91 Å². The van der Waals surface area contributed by atoms with Crippen molar-refractivity contribution in [1.82, 2.24) is 25.3 Å². The third-order valence-electron chi connectivity index (χ3n) is 3.24. The molecule has 0 bridgehead atoms. The largest absolute Gasteiger partial charge is 0.408 e. The number of aromatic amines is 1. The highest BCUT2D eigenvalue weighted by Crippen LogP contribution is 2.19. The molecule has 22 heavy (non-hydrogen) atoms. The Morgan fingerprint density at radius 1 is 1.45 bits per heavy atom. The lowest BCUT2D eigenvalue weighted by atomic mass is 10.1. The molecule has 0 fully saturated rings. The Labute approximate surface area is 122 Å². The van der Waals surface area contributed by atoms with Crippen LogP contribution >= 0.6 is 0 Å². The second kappa shape index (κ2) is 5.44. The second-order valence-electron chi connectivity index (χ2n) is 4.92. The van der Waals surface area contributed by atoms with Crippen molar-refractivity contribution in [3.63, 3.8) is 0 Å². The summed E-state index contributed by atoms with van der Waals surface area (Å²) in [5.41, 5.74) is 1.90. The Morgan fingerprint density at radius 2 is 2.27 bits per heavy atom. The molecule has 1 aliphatic heterocycles. The summed E-state index contributed by atoms with van der Waals surface area (Å²) in [5.74, 6) is -0.451. The van der Waals surface area contributed by atoms with Gasteiger partial charge in [0.1, 0.15) is 6.54 Å². The monoisotopic (exact) mass is 314 g/mol. The molecule has 0 unspecified atom stereocenters. The molecule has 3 N–H and O–H groups in total. The van der Waals surface area contributed by atoms with E-state index in [1.807, 2.05) is 0 Å². The molecule has 0 saturated carbocycles. The second-order valence-corrected chi connectivity index (χ2v) is 4.92. The zero-order chi connectivity index (χ0) is 15.7. The number of H-pyrrole nitrogens is 1. The minimum atomic E-state index is -4.36. The van der Waals surface area contributed by atoms with Gasteiger partial charge in [0, 0.05) is 43.0 Å². The van der Waals surface area contributed by atoms with Gasteiger partial charge in [0.05, 0.1) is 0 Å². The predicted octanol–water partition coefficient (Wildman–Crippen LogP) is 1.07. The van der Waals surface area contributed by atoms with E-state index < -0.39 is 18.6 Å². The van der Waals surface area contributed by atoms with Gasteiger partial charge >= 0.3 is 6.18 Å². The maximum atomic E-state index is 12.3. The first-order valence-electron chi connectivity index (χ1n) is 6.61. The molecule has 0 atom stereocenters. The molecular weight excluding hydrogens is 301 g/mol. The molecule has 1 aliphatic rings. The third kappa shape index (κ3) is 3.11. The number of nitrogens with zero attached hydrogens (tertiary/aromatic N) is 3. The summed E-state index contributed by atoms with van der Waals surface area (Å²) < 4.78 is 37.5. The molecule has 0 aromatic carbocycles. The Bertz CT molecular complexity index is 689. The number of hydrogen-bond acceptors (Lipinski definition) is 4. The van der Waals surface area contributed by atoms with Crippen LogP contribution in [0.5, 0.6) is 0 Å². The quantitative estimate of drug-likeness (QED) is 0.791. The summed E-state index contributed by atoms with van der Waals surface area (Å²) in [5, 5.41) is 16.0. The van der Waals surface area contributed by atoms with Gasteiger partial charge in [-0.15, -0.1) is 0 Å². The number of fused-ring (bicyclic) bond motifs is 1. The number of halogens is 3. The molecule has 7 nitrogen and oxygen atoms in total. The number of anilines is 1. The van der Waals surface area contributed by atoms with Crippen molar-refractivity contribution in [2.24, 2.45) is 0 Å². The van der Waals surface area contributed by atoms with E-state index in [2.05, 4.69) is 25.9 Å². The number of carbonyl (C=O) groups excluding carboxylic acids is 1. The van der Waals surface area contributed by atoms with Gasteiger partial charge in [-0.05, 0) is 0 Å². The number of aromatic nitrogens is 4. The molecule has 10 heteroatoms. The molecule has 0 aliphatic carbocycles. The molecular formula is C12H13F3N6O. The molecule has 3 rings (SSSR count). The van der Waals surface area contributed by atoms with Crippen LogP contribution in [-0.2, 0) is 19.5 Å². The number of rotatable bonds is 3. The lowest BCUT2D eigenvalue weighted by Crippen LogP contribution is -2.25. The van der Waals surface area contributed by atoms with Crippen molar-refractivity contribution in [3.8, 4) is 0 Å². The molecule has 0 radical (unpaired) electrons. The van der Waals surface area contributed by atoms with Gasteiger partial charge in [-0.2, -0.15) is 23.4 Å². The number of carbonyl (C=O) groups is 1. The number of amides is 1. The Kier molecular flexibility index (Phi) is 3.61. The molecule has 0 spiro atoms. The van der Waals surface area contributed by atoms with Gasteiger partial charge in [-0.25, -0.2) is 0 Å². The van der Waals surface area contributed by atoms with E-state index in [0.717, 1.165) is 35.1 Å². The fourth-order valence-electron chi connectivity index (χ4n) is 2.29. The van der Waals surface area contributed by atoms with Crippen LogP contribution in [0.3, 0.4) is 0 Å². The van der Waals surface area contributed by atoms with E-state index in [1.54, 1.807) is 0 Å². The van der Waals surface area contributed by atoms with Crippen LogP contribution in [0, 0.1) is 0 Å². The minimum absolute atomic E-state index is 0.0507. The Hall–Kier alpha value is -2.36. The van der Waals surface area contributed by atoms with Crippen molar-refractivity contribution < 1.29 is 18.0 Å². The first kappa shape index (κ1) is 14.6. The van der Waals surface area contributed by atoms with E-state index >= 15 is 0 Å². The SMILES string of the molecule is O=C(Nc1ccn(CC(F)(F)F)n1)c1n[nH]c2c1CNCC2. The van der Waals surface area contributed by atoms with Crippen LogP contribution in [0.25, 0.3) is 0 Å². The average Bonchev–Trinajstić information content (AvgIpc) is 3.03. The Morgan fingerprint density at radius 3 is 3.05 bits per heavy atom. The van der Waals surface area contributed by atoms with Crippen molar-refractivity contribution in [3.05, 3.63) is 29.2 Å². The van der Waals surface area contributed by atoms with Crippen LogP contribution < -0.4 is 10.6 Å². The topological polar surface area (TPSA) is 87.6 Å². The maximum Gasteiger partial charge on any atom is 0.408 e. The van der Waals surface area contributed by atoms with Crippen molar-refractivity contribution in [2.75, 3.05) is 11.9 Å². The standard InChI is InChI=1S/C12H13F3N6O/c13-12(14,15)6-21-4-2-9(20-21)17-11(22)10-7-5-16-3-1-8(7)18-19-10/h2,4,16H,1,3,5-6H2,(H,18,19)(H,17,20,22).